The molecule has 9 nitrogen and oxygen atoms in total. The number of anilines is 2. The fourth-order valence-electron chi connectivity index (χ4n) is 2.71. The van der Waals surface area contributed by atoms with Crippen LogP contribution in [0.5, 0.6) is 0 Å². The second-order valence-electron chi connectivity index (χ2n) is 6.58. The molecule has 1 aromatic carbocycles. The summed E-state index contributed by atoms with van der Waals surface area (Å²) in [6.07, 6.45) is -1.85. The summed E-state index contributed by atoms with van der Waals surface area (Å²) in [5.41, 5.74) is -0.00217. The van der Waals surface area contributed by atoms with Gasteiger partial charge in [0.05, 0.1) is 26.8 Å². The maximum atomic E-state index is 12.5. The van der Waals surface area contributed by atoms with Gasteiger partial charge < -0.3 is 15.1 Å². The minimum absolute atomic E-state index is 0.0522. The molecule has 0 bridgehead atoms. The van der Waals surface area contributed by atoms with Crippen molar-refractivity contribution in [2.24, 2.45) is 0 Å². The second-order valence-corrected chi connectivity index (χ2v) is 9.08. The van der Waals surface area contributed by atoms with Crippen molar-refractivity contribution < 1.29 is 41.4 Å². The Hall–Kier alpha value is -2.77. The van der Waals surface area contributed by atoms with Crippen molar-refractivity contribution in [1.29, 1.82) is 0 Å². The predicted molar refractivity (Wildman–Crippen MR) is 114 cm³/mol. The van der Waals surface area contributed by atoms with E-state index in [0.717, 1.165) is 25.9 Å². The Labute approximate surface area is 195 Å². The molecule has 180 valence electrons. The molecule has 15 heteroatoms. The number of alkyl halides is 3. The van der Waals surface area contributed by atoms with Crippen molar-refractivity contribution >= 4 is 56.7 Å². The van der Waals surface area contributed by atoms with Crippen LogP contribution in [0.3, 0.4) is 0 Å². The molecule has 0 unspecified atom stereocenters. The van der Waals surface area contributed by atoms with E-state index in [0.29, 0.717) is 5.82 Å². The number of carboxylic acids is 2. The summed E-state index contributed by atoms with van der Waals surface area (Å²) in [5, 5.41) is 16.9. The van der Waals surface area contributed by atoms with Crippen LogP contribution in [-0.4, -0.2) is 54.8 Å². The molecule has 2 heterocycles. The summed E-state index contributed by atoms with van der Waals surface area (Å²) in [7, 11) is -3.97. The van der Waals surface area contributed by atoms with Gasteiger partial charge in [-0.3, -0.25) is 4.72 Å². The average Bonchev–Trinajstić information content (AvgIpc) is 3.24. The van der Waals surface area contributed by atoms with E-state index in [-0.39, 0.29) is 26.2 Å². The third-order valence-corrected chi connectivity index (χ3v) is 6.32. The van der Waals surface area contributed by atoms with Gasteiger partial charge in [-0.2, -0.15) is 13.2 Å². The van der Waals surface area contributed by atoms with Gasteiger partial charge in [-0.05, 0) is 37.1 Å². The number of carboxylic acid groups (broad SMARTS) is 2. The third kappa shape index (κ3) is 7.11. The maximum Gasteiger partial charge on any atom is 0.490 e. The monoisotopic (exact) mass is 529 g/mol. The first-order valence-corrected chi connectivity index (χ1v) is 11.2. The van der Waals surface area contributed by atoms with Gasteiger partial charge in [0.2, 0.25) is 0 Å². The van der Waals surface area contributed by atoms with Crippen LogP contribution < -0.4 is 9.62 Å². The first kappa shape index (κ1) is 26.5. The highest BCUT2D eigenvalue weighted by molar-refractivity contribution is 7.92. The van der Waals surface area contributed by atoms with Crippen molar-refractivity contribution in [3.63, 3.8) is 0 Å². The first-order valence-electron chi connectivity index (χ1n) is 8.98. The van der Waals surface area contributed by atoms with E-state index in [1.807, 2.05) is 4.90 Å². The van der Waals surface area contributed by atoms with Crippen LogP contribution in [-0.2, 0) is 14.8 Å². The lowest BCUT2D eigenvalue weighted by Crippen LogP contribution is -2.22. The molecular weight excluding hydrogens is 514 g/mol. The number of nitrogens with one attached hydrogen (secondary N) is 1. The van der Waals surface area contributed by atoms with E-state index in [1.54, 1.807) is 0 Å². The predicted octanol–water partition coefficient (Wildman–Crippen LogP) is 4.12. The Balaban J connectivity index is 0.000000479. The van der Waals surface area contributed by atoms with Crippen LogP contribution >= 0.6 is 23.2 Å². The zero-order chi connectivity index (χ0) is 25.0. The average molecular weight is 530 g/mol. The molecule has 1 aliphatic heterocycles. The van der Waals surface area contributed by atoms with E-state index in [1.165, 1.54) is 30.5 Å². The zero-order valence-electron chi connectivity index (χ0n) is 16.4. The Morgan fingerprint density at radius 2 is 1.64 bits per heavy atom. The molecule has 3 rings (SSSR count). The lowest BCUT2D eigenvalue weighted by atomic mass is 10.2. The SMILES string of the molecule is O=C(O)C(F)(F)F.O=C(O)c1cc(NS(=O)(=O)c2ccc(Cl)c(Cl)c2)cnc1N1CCCC1. The number of rotatable bonds is 5. The third-order valence-electron chi connectivity index (χ3n) is 4.20. The molecular formula is C18H16Cl2F3N3O6S. The molecule has 1 aromatic heterocycles. The van der Waals surface area contributed by atoms with E-state index >= 15 is 0 Å². The van der Waals surface area contributed by atoms with Gasteiger partial charge in [0.25, 0.3) is 10.0 Å². The quantitative estimate of drug-likeness (QED) is 0.525. The number of hydrogen-bond donors (Lipinski definition) is 3. The Bertz CT molecular complexity index is 1160. The standard InChI is InChI=1S/C16H15Cl2N3O4S.C2HF3O2/c17-13-4-3-11(8-14(13)18)26(24,25)20-10-7-12(16(22)23)15(19-9-10)21-5-1-2-6-21;3-2(4,5)1(6)7/h3-4,7-9,20H,1-2,5-6H2,(H,22,23);(H,6,7). The first-order chi connectivity index (χ1) is 15.2. The number of nitrogens with zero attached hydrogens (tertiary/aromatic N) is 2. The molecule has 33 heavy (non-hydrogen) atoms. The summed E-state index contributed by atoms with van der Waals surface area (Å²) < 4.78 is 59.0. The maximum absolute atomic E-state index is 12.5. The number of aliphatic carboxylic acids is 1. The van der Waals surface area contributed by atoms with Crippen molar-refractivity contribution in [3.05, 3.63) is 46.1 Å². The molecule has 2 aromatic rings. The highest BCUT2D eigenvalue weighted by Gasteiger charge is 2.38. The fraction of sp³-hybridized carbons (Fsp3) is 0.278. The molecule has 0 amide bonds. The summed E-state index contributed by atoms with van der Waals surface area (Å²) in [6.45, 7) is 1.45. The summed E-state index contributed by atoms with van der Waals surface area (Å²) in [6, 6.07) is 5.16. The largest absolute Gasteiger partial charge is 0.490 e. The van der Waals surface area contributed by atoms with Gasteiger partial charge in [0.15, 0.2) is 0 Å². The van der Waals surface area contributed by atoms with Crippen LogP contribution in [0, 0.1) is 0 Å². The van der Waals surface area contributed by atoms with Crippen LogP contribution in [0.25, 0.3) is 0 Å². The number of aromatic nitrogens is 1. The number of sulfonamides is 1. The van der Waals surface area contributed by atoms with E-state index in [2.05, 4.69) is 9.71 Å². The molecule has 0 spiro atoms. The highest BCUT2D eigenvalue weighted by atomic mass is 35.5. The minimum Gasteiger partial charge on any atom is -0.478 e. The van der Waals surface area contributed by atoms with Crippen molar-refractivity contribution in [2.45, 2.75) is 23.9 Å². The molecule has 3 N–H and O–H groups in total. The molecule has 0 saturated carbocycles. The molecule has 0 radical (unpaired) electrons. The topological polar surface area (TPSA) is 137 Å². The van der Waals surface area contributed by atoms with Gasteiger partial charge in [-0.1, -0.05) is 23.2 Å². The van der Waals surface area contributed by atoms with Gasteiger partial charge in [0, 0.05) is 13.1 Å². The van der Waals surface area contributed by atoms with Crippen molar-refractivity contribution in [1.82, 2.24) is 4.98 Å². The van der Waals surface area contributed by atoms with Crippen LogP contribution in [0.1, 0.15) is 23.2 Å². The molecule has 1 fully saturated rings. The fourth-order valence-corrected chi connectivity index (χ4v) is 4.13. The minimum atomic E-state index is -5.08. The molecule has 0 aliphatic carbocycles. The number of carbonyl (C=O) groups is 2. The Morgan fingerprint density at radius 1 is 1.06 bits per heavy atom. The number of hydrogen-bond acceptors (Lipinski definition) is 6. The number of halogens is 5. The van der Waals surface area contributed by atoms with E-state index in [9.17, 15) is 31.5 Å². The van der Waals surface area contributed by atoms with E-state index < -0.39 is 28.1 Å². The van der Waals surface area contributed by atoms with Gasteiger partial charge in [-0.15, -0.1) is 0 Å². The van der Waals surface area contributed by atoms with Gasteiger partial charge in [0.1, 0.15) is 11.4 Å². The lowest BCUT2D eigenvalue weighted by Gasteiger charge is -2.19. The molecule has 1 aliphatic rings. The number of pyridine rings is 1. The highest BCUT2D eigenvalue weighted by Crippen LogP contribution is 2.28. The van der Waals surface area contributed by atoms with Crippen LogP contribution in [0.2, 0.25) is 10.0 Å². The summed E-state index contributed by atoms with van der Waals surface area (Å²) in [4.78, 5) is 26.4. The van der Waals surface area contributed by atoms with E-state index in [4.69, 9.17) is 33.1 Å². The molecule has 0 atom stereocenters. The Kier molecular flexibility index (Phi) is 8.38. The number of aromatic carboxylic acids is 1. The smallest absolute Gasteiger partial charge is 0.478 e. The van der Waals surface area contributed by atoms with Crippen molar-refractivity contribution in [3.8, 4) is 0 Å². The van der Waals surface area contributed by atoms with Crippen molar-refractivity contribution in [2.75, 3.05) is 22.7 Å². The lowest BCUT2D eigenvalue weighted by molar-refractivity contribution is -0.192. The number of benzene rings is 1. The van der Waals surface area contributed by atoms with Crippen LogP contribution in [0.15, 0.2) is 35.4 Å². The van der Waals surface area contributed by atoms with Crippen LogP contribution in [0.4, 0.5) is 24.7 Å². The summed E-state index contributed by atoms with van der Waals surface area (Å²) in [5.74, 6) is -3.59. The van der Waals surface area contributed by atoms with Gasteiger partial charge in [-0.25, -0.2) is 23.0 Å². The molecule has 1 saturated heterocycles. The Morgan fingerprint density at radius 3 is 2.12 bits per heavy atom. The summed E-state index contributed by atoms with van der Waals surface area (Å²) >= 11 is 11.7. The zero-order valence-corrected chi connectivity index (χ0v) is 18.8. The second kappa shape index (κ2) is 10.4. The normalized spacial score (nSPS) is 13.8. The van der Waals surface area contributed by atoms with Gasteiger partial charge >= 0.3 is 18.1 Å².